The molecule has 152 valence electrons. The molecule has 9 nitrogen and oxygen atoms in total. The topological polar surface area (TPSA) is 123 Å². The number of anilines is 1. The van der Waals surface area contributed by atoms with E-state index in [9.17, 15) is 18.8 Å². The number of carbonyl (C=O) groups is 2. The van der Waals surface area contributed by atoms with Crippen LogP contribution >= 0.6 is 0 Å². The number of halogens is 1. The Hall–Kier alpha value is -3.30. The Morgan fingerprint density at radius 2 is 2.00 bits per heavy atom. The number of hydrogen-bond acceptors (Lipinski definition) is 6. The Labute approximate surface area is 165 Å². The summed E-state index contributed by atoms with van der Waals surface area (Å²) in [6, 6.07) is 5.00. The lowest BCUT2D eigenvalue weighted by atomic mass is 10.1. The summed E-state index contributed by atoms with van der Waals surface area (Å²) in [5.41, 5.74) is 5.16. The SMILES string of the molecule is CCn1nc(C(=O)N2C[C@@H]3CC[C@H]2[C@H]3NC(=O)c2ccc(N)c(F)n2)ccc1=O. The molecule has 2 aromatic heterocycles. The number of piperidine rings is 1. The third kappa shape index (κ3) is 3.34. The maximum absolute atomic E-state index is 13.6. The van der Waals surface area contributed by atoms with Crippen molar-refractivity contribution in [2.24, 2.45) is 5.92 Å². The van der Waals surface area contributed by atoms with E-state index in [0.29, 0.717) is 13.1 Å². The second-order valence-electron chi connectivity index (χ2n) is 7.31. The van der Waals surface area contributed by atoms with Gasteiger partial charge in [0.05, 0.1) is 17.8 Å². The maximum Gasteiger partial charge on any atom is 0.274 e. The first-order valence-corrected chi connectivity index (χ1v) is 9.51. The number of fused-ring (bicyclic) bond motifs is 2. The minimum Gasteiger partial charge on any atom is -0.395 e. The molecule has 2 fully saturated rings. The fraction of sp³-hybridized carbons (Fsp3) is 0.421. The Morgan fingerprint density at radius 1 is 1.24 bits per heavy atom. The number of hydrogen-bond donors (Lipinski definition) is 2. The van der Waals surface area contributed by atoms with E-state index in [4.69, 9.17) is 5.73 Å². The number of rotatable bonds is 4. The average Bonchev–Trinajstić information content (AvgIpc) is 3.26. The molecular formula is C19H21FN6O3. The van der Waals surface area contributed by atoms with Crippen molar-refractivity contribution in [3.63, 3.8) is 0 Å². The molecular weight excluding hydrogens is 379 g/mol. The van der Waals surface area contributed by atoms with E-state index in [-0.39, 0.29) is 46.5 Å². The van der Waals surface area contributed by atoms with Crippen molar-refractivity contribution in [3.05, 3.63) is 52.0 Å². The van der Waals surface area contributed by atoms with Crippen LogP contribution in [0.1, 0.15) is 40.7 Å². The first kappa shape index (κ1) is 19.0. The summed E-state index contributed by atoms with van der Waals surface area (Å²) in [7, 11) is 0. The van der Waals surface area contributed by atoms with Crippen LogP contribution in [0.3, 0.4) is 0 Å². The highest BCUT2D eigenvalue weighted by molar-refractivity contribution is 5.94. The maximum atomic E-state index is 13.6. The van der Waals surface area contributed by atoms with Gasteiger partial charge >= 0.3 is 0 Å². The van der Waals surface area contributed by atoms with Crippen LogP contribution in [0.25, 0.3) is 0 Å². The van der Waals surface area contributed by atoms with E-state index >= 15 is 0 Å². The molecule has 1 saturated heterocycles. The van der Waals surface area contributed by atoms with Gasteiger partial charge in [0, 0.05) is 19.2 Å². The lowest BCUT2D eigenvalue weighted by Crippen LogP contribution is -2.46. The molecule has 0 unspecified atom stereocenters. The highest BCUT2D eigenvalue weighted by Gasteiger charge is 2.49. The number of pyridine rings is 1. The monoisotopic (exact) mass is 400 g/mol. The zero-order valence-electron chi connectivity index (χ0n) is 15.8. The predicted octanol–water partition coefficient (Wildman–Crippen LogP) is 0.412. The van der Waals surface area contributed by atoms with Crippen LogP contribution < -0.4 is 16.6 Å². The number of carbonyl (C=O) groups excluding carboxylic acids is 2. The van der Waals surface area contributed by atoms with E-state index in [1.54, 1.807) is 11.8 Å². The van der Waals surface area contributed by atoms with Crippen LogP contribution in [-0.2, 0) is 6.54 Å². The molecule has 1 aliphatic heterocycles. The third-order valence-corrected chi connectivity index (χ3v) is 5.64. The van der Waals surface area contributed by atoms with Crippen LogP contribution in [0, 0.1) is 11.9 Å². The minimum atomic E-state index is -0.888. The van der Waals surface area contributed by atoms with E-state index in [1.165, 1.54) is 28.9 Å². The van der Waals surface area contributed by atoms with Gasteiger partial charge in [-0.3, -0.25) is 14.4 Å². The standard InChI is InChI=1S/C19H21FN6O3/c1-2-26-15(27)8-6-13(24-26)19(29)25-9-10-3-7-14(25)16(10)23-18(28)12-5-4-11(21)17(20)22-12/h4-6,8,10,14,16H,2-3,7,9,21H2,1H3,(H,23,28)/t10-,14-,16-/m0/s1. The number of nitrogens with zero attached hydrogens (tertiary/aromatic N) is 4. The number of nitrogens with one attached hydrogen (secondary N) is 1. The highest BCUT2D eigenvalue weighted by atomic mass is 19.1. The van der Waals surface area contributed by atoms with Gasteiger partial charge in [-0.2, -0.15) is 9.49 Å². The Morgan fingerprint density at radius 3 is 2.72 bits per heavy atom. The largest absolute Gasteiger partial charge is 0.395 e. The molecule has 3 heterocycles. The van der Waals surface area contributed by atoms with Crippen molar-refractivity contribution in [2.45, 2.75) is 38.4 Å². The first-order chi connectivity index (χ1) is 13.9. The van der Waals surface area contributed by atoms with Crippen molar-refractivity contribution < 1.29 is 14.0 Å². The van der Waals surface area contributed by atoms with Gasteiger partial charge in [-0.15, -0.1) is 0 Å². The zero-order valence-corrected chi connectivity index (χ0v) is 15.8. The molecule has 2 amide bonds. The van der Waals surface area contributed by atoms with E-state index in [1.807, 2.05) is 0 Å². The zero-order chi connectivity index (χ0) is 20.7. The van der Waals surface area contributed by atoms with Crippen molar-refractivity contribution in [3.8, 4) is 0 Å². The fourth-order valence-electron chi connectivity index (χ4n) is 4.18. The van der Waals surface area contributed by atoms with Gasteiger partial charge in [0.2, 0.25) is 5.95 Å². The van der Waals surface area contributed by atoms with Crippen molar-refractivity contribution >= 4 is 17.5 Å². The quantitative estimate of drug-likeness (QED) is 0.717. The number of nitrogen functional groups attached to an aromatic ring is 1. The summed E-state index contributed by atoms with van der Waals surface area (Å²) >= 11 is 0. The van der Waals surface area contributed by atoms with Gasteiger partial charge in [-0.05, 0) is 43.9 Å². The number of likely N-dealkylation sites (tertiary alicyclic amines) is 1. The van der Waals surface area contributed by atoms with Gasteiger partial charge in [-0.25, -0.2) is 9.67 Å². The lowest BCUT2D eigenvalue weighted by Gasteiger charge is -2.27. The minimum absolute atomic E-state index is 0.0578. The van der Waals surface area contributed by atoms with E-state index in [0.717, 1.165) is 12.8 Å². The molecule has 4 rings (SSSR count). The molecule has 2 aliphatic rings. The molecule has 1 aliphatic carbocycles. The normalized spacial score (nSPS) is 22.7. The molecule has 0 radical (unpaired) electrons. The van der Waals surface area contributed by atoms with Gasteiger partial charge in [-0.1, -0.05) is 0 Å². The van der Waals surface area contributed by atoms with Crippen LogP contribution in [0.5, 0.6) is 0 Å². The van der Waals surface area contributed by atoms with Crippen molar-refractivity contribution in [2.75, 3.05) is 12.3 Å². The average molecular weight is 400 g/mol. The molecule has 2 bridgehead atoms. The molecule has 0 aromatic carbocycles. The molecule has 10 heteroatoms. The summed E-state index contributed by atoms with van der Waals surface area (Å²) in [4.78, 5) is 42.5. The summed E-state index contributed by atoms with van der Waals surface area (Å²) in [6.45, 7) is 2.64. The van der Waals surface area contributed by atoms with E-state index in [2.05, 4.69) is 15.4 Å². The van der Waals surface area contributed by atoms with Crippen molar-refractivity contribution in [1.29, 1.82) is 0 Å². The molecule has 29 heavy (non-hydrogen) atoms. The molecule has 3 N–H and O–H groups in total. The van der Waals surface area contributed by atoms with Crippen molar-refractivity contribution in [1.82, 2.24) is 25.0 Å². The summed E-state index contributed by atoms with van der Waals surface area (Å²) in [5, 5.41) is 7.03. The fourth-order valence-corrected chi connectivity index (χ4v) is 4.18. The number of amides is 2. The van der Waals surface area contributed by atoms with E-state index < -0.39 is 11.9 Å². The highest BCUT2D eigenvalue weighted by Crippen LogP contribution is 2.38. The molecule has 1 saturated carbocycles. The third-order valence-electron chi connectivity index (χ3n) is 5.64. The smallest absolute Gasteiger partial charge is 0.274 e. The van der Waals surface area contributed by atoms with Crippen LogP contribution in [0.4, 0.5) is 10.1 Å². The lowest BCUT2D eigenvalue weighted by molar-refractivity contribution is 0.0684. The summed E-state index contributed by atoms with van der Waals surface area (Å²) in [6.07, 6.45) is 1.63. The Balaban J connectivity index is 1.51. The summed E-state index contributed by atoms with van der Waals surface area (Å²) in [5.74, 6) is -1.56. The molecule has 3 atom stereocenters. The van der Waals surface area contributed by atoms with Gasteiger partial charge in [0.15, 0.2) is 0 Å². The number of aromatic nitrogens is 3. The molecule has 2 aromatic rings. The van der Waals surface area contributed by atoms with Gasteiger partial charge < -0.3 is 16.0 Å². The second-order valence-corrected chi connectivity index (χ2v) is 7.31. The van der Waals surface area contributed by atoms with Gasteiger partial charge in [0.1, 0.15) is 11.4 Å². The number of nitrogens with two attached hydrogens (primary N) is 1. The second kappa shape index (κ2) is 7.26. The first-order valence-electron chi connectivity index (χ1n) is 9.51. The predicted molar refractivity (Wildman–Crippen MR) is 102 cm³/mol. The van der Waals surface area contributed by atoms with Crippen LogP contribution in [0.2, 0.25) is 0 Å². The number of aryl methyl sites for hydroxylation is 1. The Bertz CT molecular complexity index is 1040. The van der Waals surface area contributed by atoms with Crippen LogP contribution in [0.15, 0.2) is 29.1 Å². The van der Waals surface area contributed by atoms with Crippen LogP contribution in [-0.4, -0.2) is 50.1 Å². The Kier molecular flexibility index (Phi) is 4.77. The van der Waals surface area contributed by atoms with Gasteiger partial charge in [0.25, 0.3) is 17.4 Å². The molecule has 0 spiro atoms. The summed E-state index contributed by atoms with van der Waals surface area (Å²) < 4.78 is 14.8.